The number of hydrogen-bond acceptors (Lipinski definition) is 10. The Labute approximate surface area is 281 Å². The molecule has 1 unspecified atom stereocenters. The maximum atomic E-state index is 14.4. The van der Waals surface area contributed by atoms with Crippen LogP contribution in [0.3, 0.4) is 0 Å². The number of anilines is 2. The number of nitrogen functional groups attached to an aromatic ring is 1. The van der Waals surface area contributed by atoms with Gasteiger partial charge in [-0.1, -0.05) is 18.2 Å². The third-order valence-corrected chi connectivity index (χ3v) is 9.52. The van der Waals surface area contributed by atoms with E-state index in [9.17, 15) is 31.2 Å². The highest BCUT2D eigenvalue weighted by molar-refractivity contribution is 7.92. The van der Waals surface area contributed by atoms with E-state index in [4.69, 9.17) is 19.9 Å². The number of benzene rings is 3. The molecule has 0 aliphatic heterocycles. The van der Waals surface area contributed by atoms with Crippen LogP contribution in [0.1, 0.15) is 45.7 Å². The van der Waals surface area contributed by atoms with E-state index in [1.165, 1.54) is 74.6 Å². The van der Waals surface area contributed by atoms with Crippen LogP contribution in [-0.4, -0.2) is 49.4 Å². The van der Waals surface area contributed by atoms with E-state index in [0.29, 0.717) is 10.8 Å². The van der Waals surface area contributed by atoms with Crippen molar-refractivity contribution < 1.29 is 45.4 Å². The first kappa shape index (κ1) is 36.8. The number of alkyl halides is 3. The molecule has 0 aliphatic rings. The maximum absolute atomic E-state index is 14.4. The molecule has 0 fully saturated rings. The molecule has 0 saturated heterocycles. The van der Waals surface area contributed by atoms with E-state index in [-0.39, 0.29) is 51.7 Å². The van der Waals surface area contributed by atoms with Gasteiger partial charge >= 0.3 is 12.1 Å². The molecule has 0 spiro atoms. The molecule has 1 atom stereocenters. The van der Waals surface area contributed by atoms with Gasteiger partial charge in [-0.15, -0.1) is 0 Å². The third-order valence-electron chi connectivity index (χ3n) is 7.26. The fourth-order valence-electron chi connectivity index (χ4n) is 4.90. The van der Waals surface area contributed by atoms with Gasteiger partial charge in [0.05, 0.1) is 22.9 Å². The molecule has 49 heavy (non-hydrogen) atoms. The summed E-state index contributed by atoms with van der Waals surface area (Å²) in [7, 11) is -3.83. The third kappa shape index (κ3) is 8.16. The average Bonchev–Trinajstić information content (AvgIpc) is 3.03. The lowest BCUT2D eigenvalue weighted by atomic mass is 9.99. The van der Waals surface area contributed by atoms with Crippen LogP contribution in [0.5, 0.6) is 11.5 Å². The number of pyridine rings is 1. The van der Waals surface area contributed by atoms with E-state index < -0.39 is 45.4 Å². The average molecular weight is 703 g/mol. The number of hydrogen-bond donors (Lipinski definition) is 3. The number of carbonyl (C=O) groups excluding carboxylic acids is 2. The number of nitrogens with zero attached hydrogens (tertiary/aromatic N) is 1. The highest BCUT2D eigenvalue weighted by Gasteiger charge is 2.52. The Morgan fingerprint density at radius 2 is 1.67 bits per heavy atom. The minimum absolute atomic E-state index is 0.0569. The molecular weight excluding hydrogens is 665 g/mol. The lowest BCUT2D eigenvalue weighted by molar-refractivity contribution is -0.213. The van der Waals surface area contributed by atoms with Crippen LogP contribution in [0.25, 0.3) is 10.8 Å². The largest absolute Gasteiger partial charge is 0.491 e. The zero-order chi connectivity index (χ0) is 36.1. The highest BCUT2D eigenvalue weighted by Crippen LogP contribution is 2.38. The molecule has 1 aromatic heterocycles. The van der Waals surface area contributed by atoms with Gasteiger partial charge in [0.2, 0.25) is 0 Å². The minimum Gasteiger partial charge on any atom is -0.490 e. The summed E-state index contributed by atoms with van der Waals surface area (Å²) >= 11 is 0. The number of halogens is 3. The molecule has 15 heteroatoms. The van der Waals surface area contributed by atoms with Crippen LogP contribution >= 0.6 is 0 Å². The Morgan fingerprint density at radius 1 is 0.959 bits per heavy atom. The predicted octanol–water partition coefficient (Wildman–Crippen LogP) is 5.87. The second-order valence-corrected chi connectivity index (χ2v) is 13.9. The molecule has 3 aromatic carbocycles. The van der Waals surface area contributed by atoms with Gasteiger partial charge in [-0.05, 0) is 94.1 Å². The van der Waals surface area contributed by atoms with Crippen molar-refractivity contribution in [3.8, 4) is 11.5 Å². The number of aromatic nitrogens is 1. The lowest BCUT2D eigenvalue weighted by Gasteiger charge is -2.35. The zero-order valence-electron chi connectivity index (χ0n) is 27.4. The van der Waals surface area contributed by atoms with Crippen molar-refractivity contribution in [2.75, 3.05) is 17.7 Å². The SMILES string of the molecule is CCOc1cc(C(Nc2ccc3c(N)nccc3c2)(OC(=O)C(F)(F)F)C(=O)NCc2ccccc2S(=O)(=O)C(C)C)ccc1OC(C)C. The van der Waals surface area contributed by atoms with Gasteiger partial charge in [0, 0.05) is 29.4 Å². The Kier molecular flexibility index (Phi) is 11.0. The van der Waals surface area contributed by atoms with Crippen LogP contribution < -0.4 is 25.8 Å². The number of nitrogens with two attached hydrogens (primary N) is 1. The summed E-state index contributed by atoms with van der Waals surface area (Å²) in [5.41, 5.74) is 3.04. The van der Waals surface area contributed by atoms with Crippen molar-refractivity contribution in [1.82, 2.24) is 10.3 Å². The molecular formula is C34H37F3N4O7S. The van der Waals surface area contributed by atoms with Crippen molar-refractivity contribution in [3.05, 3.63) is 84.1 Å². The van der Waals surface area contributed by atoms with E-state index in [1.807, 2.05) is 0 Å². The van der Waals surface area contributed by atoms with Crippen LogP contribution in [0.2, 0.25) is 0 Å². The number of sulfone groups is 1. The van der Waals surface area contributed by atoms with Crippen LogP contribution in [0.15, 0.2) is 77.8 Å². The van der Waals surface area contributed by atoms with Gasteiger partial charge in [0.15, 0.2) is 21.3 Å². The number of ether oxygens (including phenoxy) is 3. The number of nitrogens with one attached hydrogen (secondary N) is 2. The van der Waals surface area contributed by atoms with Crippen molar-refractivity contribution in [1.29, 1.82) is 0 Å². The molecule has 1 heterocycles. The molecule has 0 bridgehead atoms. The summed E-state index contributed by atoms with van der Waals surface area (Å²) in [5, 5.41) is 5.45. The molecule has 0 aliphatic carbocycles. The first-order valence-electron chi connectivity index (χ1n) is 15.3. The van der Waals surface area contributed by atoms with Gasteiger partial charge < -0.3 is 30.6 Å². The minimum atomic E-state index is -5.52. The molecule has 0 saturated carbocycles. The highest BCUT2D eigenvalue weighted by atomic mass is 32.2. The van der Waals surface area contributed by atoms with E-state index in [1.54, 1.807) is 32.9 Å². The second-order valence-electron chi connectivity index (χ2n) is 11.5. The number of fused-ring (bicyclic) bond motifs is 1. The summed E-state index contributed by atoms with van der Waals surface area (Å²) < 4.78 is 84.5. The number of carbonyl (C=O) groups is 2. The lowest BCUT2D eigenvalue weighted by Crippen LogP contribution is -2.54. The summed E-state index contributed by atoms with van der Waals surface area (Å²) in [6.07, 6.45) is -4.41. The van der Waals surface area contributed by atoms with Crippen molar-refractivity contribution in [3.63, 3.8) is 0 Å². The second kappa shape index (κ2) is 14.6. The first-order chi connectivity index (χ1) is 23.0. The molecule has 4 N–H and O–H groups in total. The van der Waals surface area contributed by atoms with Gasteiger partial charge in [0.1, 0.15) is 5.82 Å². The summed E-state index contributed by atoms with van der Waals surface area (Å²) in [6.45, 7) is 7.83. The van der Waals surface area contributed by atoms with E-state index in [2.05, 4.69) is 15.6 Å². The normalized spacial score (nSPS) is 13.2. The fraction of sp³-hybridized carbons (Fsp3) is 0.324. The maximum Gasteiger partial charge on any atom is 0.491 e. The number of esters is 1. The van der Waals surface area contributed by atoms with Gasteiger partial charge in [-0.3, -0.25) is 4.79 Å². The van der Waals surface area contributed by atoms with E-state index >= 15 is 0 Å². The Morgan fingerprint density at radius 3 is 2.33 bits per heavy atom. The van der Waals surface area contributed by atoms with Gasteiger partial charge in [0.25, 0.3) is 11.6 Å². The number of amides is 1. The quantitative estimate of drug-likeness (QED) is 0.114. The molecule has 0 radical (unpaired) electrons. The summed E-state index contributed by atoms with van der Waals surface area (Å²) in [4.78, 5) is 31.0. The van der Waals surface area contributed by atoms with Crippen molar-refractivity contribution in [2.45, 2.75) is 69.3 Å². The monoisotopic (exact) mass is 702 g/mol. The molecule has 1 amide bonds. The fourth-order valence-corrected chi connectivity index (χ4v) is 6.18. The predicted molar refractivity (Wildman–Crippen MR) is 178 cm³/mol. The molecule has 11 nitrogen and oxygen atoms in total. The standard InChI is InChI=1S/C34H37F3N4O7S/c1-6-46-28-18-24(11-14-27(28)47-20(2)3)33(48-32(43)34(35,36)37,41-25-12-13-26-22(17-25)15-16-39-30(26)38)31(42)40-19-23-9-7-8-10-29(23)49(44,45)21(4)5/h7-18,20-21,41H,6,19H2,1-5H3,(H2,38,39)(H,40,42). The topological polar surface area (TPSA) is 159 Å². The Hall–Kier alpha value is -5.05. The Bertz CT molecular complexity index is 1950. The van der Waals surface area contributed by atoms with Crippen molar-refractivity contribution in [2.24, 2.45) is 0 Å². The van der Waals surface area contributed by atoms with Gasteiger partial charge in [-0.25, -0.2) is 18.2 Å². The first-order valence-corrected chi connectivity index (χ1v) is 16.8. The van der Waals surface area contributed by atoms with E-state index in [0.717, 1.165) is 0 Å². The van der Waals surface area contributed by atoms with Gasteiger partial charge in [-0.2, -0.15) is 13.2 Å². The smallest absolute Gasteiger partial charge is 0.490 e. The van der Waals surface area contributed by atoms with Crippen LogP contribution in [0, 0.1) is 0 Å². The summed E-state index contributed by atoms with van der Waals surface area (Å²) in [5.74, 6) is -3.46. The molecule has 262 valence electrons. The molecule has 4 aromatic rings. The van der Waals surface area contributed by atoms with Crippen LogP contribution in [0.4, 0.5) is 24.7 Å². The Balaban J connectivity index is 1.93. The molecule has 4 rings (SSSR count). The van der Waals surface area contributed by atoms with Crippen LogP contribution in [-0.2, 0) is 36.4 Å². The zero-order valence-corrected chi connectivity index (χ0v) is 28.2. The number of rotatable bonds is 13. The summed E-state index contributed by atoms with van der Waals surface area (Å²) in [6, 6.07) is 15.8. The van der Waals surface area contributed by atoms with Crippen molar-refractivity contribution >= 4 is 44.0 Å².